The molecule has 4 heterocycles. The van der Waals surface area contributed by atoms with Gasteiger partial charge in [0.1, 0.15) is 24.3 Å². The molecule has 3 aliphatic rings. The van der Waals surface area contributed by atoms with E-state index in [-0.39, 0.29) is 65.8 Å². The number of nitrogens with one attached hydrogen (secondary N) is 1. The molecule has 3 aliphatic heterocycles. The fourth-order valence-electron chi connectivity index (χ4n) is 8.02. The highest BCUT2D eigenvalue weighted by Gasteiger charge is 2.60. The first-order valence-corrected chi connectivity index (χ1v) is 17.9. The van der Waals surface area contributed by atoms with Gasteiger partial charge in [-0.25, -0.2) is 14.2 Å². The third kappa shape index (κ3) is 6.55. The lowest BCUT2D eigenvalue weighted by Crippen LogP contribution is -2.72. The molecule has 2 saturated heterocycles. The predicted octanol–water partition coefficient (Wildman–Crippen LogP) is 2.87. The number of benzene rings is 3. The Hall–Kier alpha value is -6.17. The zero-order chi connectivity index (χ0) is 39.2. The molecule has 7 rings (SSSR count). The van der Waals surface area contributed by atoms with Crippen molar-refractivity contribution in [3.8, 4) is 34.6 Å². The number of aldehydes is 1. The van der Waals surface area contributed by atoms with Gasteiger partial charge in [-0.3, -0.25) is 24.7 Å². The van der Waals surface area contributed by atoms with Crippen LogP contribution in [0.4, 0.5) is 10.5 Å². The Morgan fingerprint density at radius 3 is 2.36 bits per heavy atom. The van der Waals surface area contributed by atoms with Gasteiger partial charge in [0.2, 0.25) is 5.91 Å². The number of carboxylic acid groups (broad SMARTS) is 1. The van der Waals surface area contributed by atoms with Gasteiger partial charge in [-0.15, -0.1) is 10.1 Å². The van der Waals surface area contributed by atoms with E-state index in [0.717, 1.165) is 10.5 Å². The first kappa shape index (κ1) is 37.2. The summed E-state index contributed by atoms with van der Waals surface area (Å²) in [5, 5.41) is 53.8. The maximum absolute atomic E-state index is 14.5. The summed E-state index contributed by atoms with van der Waals surface area (Å²) in [5.41, 5.74) is 3.29. The number of amides is 4. The largest absolute Gasteiger partial charge is 0.508 e. The van der Waals surface area contributed by atoms with Crippen molar-refractivity contribution < 1.29 is 49.0 Å². The number of hydrogen-bond donors (Lipinski definition) is 5. The van der Waals surface area contributed by atoms with Crippen LogP contribution in [0.25, 0.3) is 17.1 Å². The molecule has 1 aromatic heterocycles. The van der Waals surface area contributed by atoms with Crippen LogP contribution >= 0.6 is 0 Å². The van der Waals surface area contributed by atoms with E-state index in [1.165, 1.54) is 10.6 Å². The lowest BCUT2D eigenvalue weighted by Gasteiger charge is -2.48. The minimum atomic E-state index is -1.35. The number of imide groups is 1. The average molecular weight is 754 g/mol. The quantitative estimate of drug-likeness (QED) is 0.0895. The minimum Gasteiger partial charge on any atom is -0.508 e. The first-order valence-electron chi connectivity index (χ1n) is 17.9. The summed E-state index contributed by atoms with van der Waals surface area (Å²) in [6.45, 7) is 5.72. The number of nitrogens with zero attached hydrogens (tertiary/aromatic N) is 7. The second-order valence-corrected chi connectivity index (χ2v) is 14.3. The van der Waals surface area contributed by atoms with Crippen LogP contribution in [-0.4, -0.2) is 119 Å². The highest BCUT2D eigenvalue weighted by Crippen LogP contribution is 2.42. The van der Waals surface area contributed by atoms with E-state index in [0.29, 0.717) is 61.4 Å². The molecule has 0 saturated carbocycles. The number of carbonyl (C=O) groups is 5. The van der Waals surface area contributed by atoms with Crippen molar-refractivity contribution in [1.82, 2.24) is 30.0 Å². The molecular weight excluding hydrogens is 712 g/mol. The average Bonchev–Trinajstić information content (AvgIpc) is 3.68. The molecule has 0 aliphatic carbocycles. The number of anilines is 1. The fraction of sp³-hybridized carbons (Fsp3) is 0.342. The van der Waals surface area contributed by atoms with Gasteiger partial charge in [-0.2, -0.15) is 4.59 Å². The molecule has 0 bridgehead atoms. The standard InChI is InChI=1S/C38H40N8O9/c1-22(2)26-18-27(32(49)19-31(26)48)34-40-41-37(53)45(34)24-8-6-23(7-9-24)20-42-12-14-43(15-13-42)46(30-10-11-33(50)39-35(30)51)21-28-25(36(46)52)4-3-5-29(28)44(16-17-47)38(54)55/h3-9,17-19,22,30H,10-16,20-21H2,1-2H3,(H4-,39,40,41,48,49,50,51,53,54,55)/p+1. The Labute approximate surface area is 315 Å². The van der Waals surface area contributed by atoms with Gasteiger partial charge in [0.25, 0.3) is 5.91 Å². The summed E-state index contributed by atoms with van der Waals surface area (Å²) in [4.78, 5) is 66.8. The van der Waals surface area contributed by atoms with E-state index in [4.69, 9.17) is 0 Å². The third-order valence-electron chi connectivity index (χ3n) is 10.7. The van der Waals surface area contributed by atoms with Crippen molar-refractivity contribution in [2.75, 3.05) is 37.6 Å². The summed E-state index contributed by atoms with van der Waals surface area (Å²) in [6.07, 6.45) is -0.686. The zero-order valence-corrected chi connectivity index (χ0v) is 30.3. The highest BCUT2D eigenvalue weighted by molar-refractivity contribution is 6.03. The summed E-state index contributed by atoms with van der Waals surface area (Å²) < 4.78 is 0.990. The van der Waals surface area contributed by atoms with Gasteiger partial charge in [0.15, 0.2) is 11.9 Å². The topological polar surface area (TPSA) is 219 Å². The molecular formula is C38H41N8O9+. The number of phenolic OH excluding ortho intramolecular Hbond substituents is 2. The van der Waals surface area contributed by atoms with Crippen molar-refractivity contribution >= 4 is 35.8 Å². The Morgan fingerprint density at radius 2 is 1.71 bits per heavy atom. The predicted molar refractivity (Wildman–Crippen MR) is 195 cm³/mol. The minimum absolute atomic E-state index is 0.0145. The summed E-state index contributed by atoms with van der Waals surface area (Å²) in [5.74, 6) is -1.46. The molecule has 0 spiro atoms. The molecule has 2 atom stereocenters. The van der Waals surface area contributed by atoms with Gasteiger partial charge >= 0.3 is 18.0 Å². The highest BCUT2D eigenvalue weighted by atomic mass is 16.4. The van der Waals surface area contributed by atoms with E-state index < -0.39 is 35.1 Å². The number of quaternary nitrogens is 1. The van der Waals surface area contributed by atoms with E-state index in [2.05, 4.69) is 20.4 Å². The van der Waals surface area contributed by atoms with E-state index in [9.17, 15) is 44.4 Å². The summed E-state index contributed by atoms with van der Waals surface area (Å²) in [6, 6.07) is 13.7. The molecule has 17 heteroatoms. The van der Waals surface area contributed by atoms with Gasteiger partial charge in [0.05, 0.1) is 42.1 Å². The fourth-order valence-corrected chi connectivity index (χ4v) is 8.02. The SMILES string of the molecule is CC(C)c1cc(-c2nnc(O)n2-c2ccc(CN3CCN([N+]4(C5CCC(=O)NC5=O)Cc5c(cccc5N(CC=O)C(=O)O)C4=O)CC3)cc2)c(O)cc1O. The molecule has 3 aromatic carbocycles. The van der Waals surface area contributed by atoms with Crippen LogP contribution in [0, 0.1) is 0 Å². The summed E-state index contributed by atoms with van der Waals surface area (Å²) in [7, 11) is 0. The Balaban J connectivity index is 1.11. The number of piperidine rings is 1. The number of aromatic hydroxyl groups is 3. The monoisotopic (exact) mass is 753 g/mol. The molecule has 5 N–H and O–H groups in total. The molecule has 286 valence electrons. The maximum atomic E-state index is 14.5. The van der Waals surface area contributed by atoms with Crippen LogP contribution in [0.2, 0.25) is 0 Å². The molecule has 4 aromatic rings. The van der Waals surface area contributed by atoms with Gasteiger partial charge in [-0.05, 0) is 47.4 Å². The molecule has 2 unspecified atom stereocenters. The Morgan fingerprint density at radius 1 is 0.982 bits per heavy atom. The van der Waals surface area contributed by atoms with Gasteiger partial charge < -0.3 is 25.2 Å². The number of rotatable bonds is 10. The van der Waals surface area contributed by atoms with Crippen molar-refractivity contribution in [1.29, 1.82) is 0 Å². The van der Waals surface area contributed by atoms with E-state index in [1.54, 1.807) is 36.4 Å². The number of carbonyl (C=O) groups excluding carboxylic acids is 4. The smallest absolute Gasteiger partial charge is 0.412 e. The van der Waals surface area contributed by atoms with Crippen LogP contribution in [0.3, 0.4) is 0 Å². The van der Waals surface area contributed by atoms with Crippen LogP contribution in [0.15, 0.2) is 54.6 Å². The molecule has 17 nitrogen and oxygen atoms in total. The number of aromatic nitrogens is 3. The number of hydrogen-bond acceptors (Lipinski definition) is 12. The van der Waals surface area contributed by atoms with E-state index in [1.807, 2.05) is 31.0 Å². The molecule has 55 heavy (non-hydrogen) atoms. The van der Waals surface area contributed by atoms with Gasteiger partial charge in [0, 0.05) is 44.1 Å². The number of fused-ring (bicyclic) bond motifs is 1. The second-order valence-electron chi connectivity index (χ2n) is 14.3. The molecule has 4 amide bonds. The third-order valence-corrected chi connectivity index (χ3v) is 10.7. The number of phenols is 2. The molecule has 2 fully saturated rings. The Bertz CT molecular complexity index is 2200. The van der Waals surface area contributed by atoms with Crippen LogP contribution in [0.5, 0.6) is 17.5 Å². The zero-order valence-electron chi connectivity index (χ0n) is 30.3. The maximum Gasteiger partial charge on any atom is 0.412 e. The normalized spacial score (nSPS) is 20.4. The second kappa shape index (κ2) is 14.6. The van der Waals surface area contributed by atoms with Crippen molar-refractivity contribution in [3.05, 3.63) is 76.9 Å². The Kier molecular flexibility index (Phi) is 9.85. The van der Waals surface area contributed by atoms with Crippen molar-refractivity contribution in [2.45, 2.75) is 51.7 Å². The lowest BCUT2D eigenvalue weighted by molar-refractivity contribution is -0.987. The molecule has 0 radical (unpaired) electrons. The van der Waals surface area contributed by atoms with Gasteiger partial charge in [-0.1, -0.05) is 37.1 Å². The first-order chi connectivity index (χ1) is 26.3. The van der Waals surface area contributed by atoms with Crippen molar-refractivity contribution in [3.63, 3.8) is 0 Å². The lowest BCUT2D eigenvalue weighted by atomic mass is 9.98. The summed E-state index contributed by atoms with van der Waals surface area (Å²) >= 11 is 0. The van der Waals surface area contributed by atoms with Crippen LogP contribution < -0.4 is 10.2 Å². The van der Waals surface area contributed by atoms with E-state index >= 15 is 0 Å². The van der Waals surface area contributed by atoms with Crippen molar-refractivity contribution in [2.24, 2.45) is 0 Å². The number of piperazine rings is 1. The van der Waals surface area contributed by atoms with Crippen LogP contribution in [0.1, 0.15) is 59.7 Å². The van der Waals surface area contributed by atoms with Crippen LogP contribution in [-0.2, 0) is 27.5 Å².